The Balaban J connectivity index is 2.18. The molecule has 4 heteroatoms. The number of nitrogens with zero attached hydrogens (tertiary/aromatic N) is 1. The smallest absolute Gasteiger partial charge is 0.230 e. The highest BCUT2D eigenvalue weighted by molar-refractivity contribution is 5.84. The fraction of sp³-hybridized carbons (Fsp3) is 0.588. The first kappa shape index (κ1) is 16.0. The Morgan fingerprint density at radius 3 is 2.76 bits per heavy atom. The Hall–Kier alpha value is -1.39. The van der Waals surface area contributed by atoms with E-state index in [-0.39, 0.29) is 17.9 Å². The minimum atomic E-state index is -0.0762. The highest BCUT2D eigenvalue weighted by Crippen LogP contribution is 2.29. The molecule has 3 atom stereocenters. The van der Waals surface area contributed by atoms with Crippen molar-refractivity contribution in [1.29, 1.82) is 0 Å². The topological polar surface area (TPSA) is 55.6 Å². The maximum atomic E-state index is 13.0. The van der Waals surface area contributed by atoms with Crippen LogP contribution < -0.4 is 5.73 Å². The van der Waals surface area contributed by atoms with Crippen LogP contribution in [0.3, 0.4) is 0 Å². The fourth-order valence-corrected chi connectivity index (χ4v) is 2.87. The van der Waals surface area contributed by atoms with E-state index < -0.39 is 0 Å². The van der Waals surface area contributed by atoms with Crippen LogP contribution in [-0.4, -0.2) is 43.2 Å². The number of benzene rings is 1. The largest absolute Gasteiger partial charge is 0.373 e. The van der Waals surface area contributed by atoms with Gasteiger partial charge in [0.1, 0.15) is 0 Å². The molecule has 0 aliphatic carbocycles. The van der Waals surface area contributed by atoms with Gasteiger partial charge in [0.05, 0.1) is 18.6 Å². The second-order valence-electron chi connectivity index (χ2n) is 5.79. The minimum absolute atomic E-state index is 0.0314. The summed E-state index contributed by atoms with van der Waals surface area (Å²) in [5.74, 6) is 0.448. The number of nitrogens with two attached hydrogens (primary N) is 1. The molecule has 1 heterocycles. The molecule has 4 nitrogen and oxygen atoms in total. The molecular formula is C17H26N2O2. The molecule has 1 aliphatic heterocycles. The van der Waals surface area contributed by atoms with Crippen LogP contribution in [0.15, 0.2) is 30.3 Å². The SMILES string of the molecule is CCC(C)C(C(=O)N1CCOC(CN)C1)c1ccccc1. The van der Waals surface area contributed by atoms with Crippen molar-refractivity contribution in [2.45, 2.75) is 32.3 Å². The van der Waals surface area contributed by atoms with Crippen LogP contribution in [0, 0.1) is 5.92 Å². The van der Waals surface area contributed by atoms with Gasteiger partial charge < -0.3 is 15.4 Å². The normalized spacial score (nSPS) is 21.9. The summed E-state index contributed by atoms with van der Waals surface area (Å²) in [5, 5.41) is 0. The molecule has 2 N–H and O–H groups in total. The first-order valence-electron chi connectivity index (χ1n) is 7.82. The number of hydrogen-bond acceptors (Lipinski definition) is 3. The van der Waals surface area contributed by atoms with E-state index >= 15 is 0 Å². The molecule has 1 fully saturated rings. The third-order valence-corrected chi connectivity index (χ3v) is 4.35. The lowest BCUT2D eigenvalue weighted by Crippen LogP contribution is -2.50. The van der Waals surface area contributed by atoms with E-state index in [2.05, 4.69) is 26.0 Å². The Bertz CT molecular complexity index is 449. The quantitative estimate of drug-likeness (QED) is 0.902. The van der Waals surface area contributed by atoms with Gasteiger partial charge in [-0.3, -0.25) is 4.79 Å². The van der Waals surface area contributed by atoms with Crippen molar-refractivity contribution < 1.29 is 9.53 Å². The van der Waals surface area contributed by atoms with E-state index in [1.807, 2.05) is 23.1 Å². The van der Waals surface area contributed by atoms with Crippen molar-refractivity contribution in [1.82, 2.24) is 4.90 Å². The third kappa shape index (κ3) is 3.83. The number of hydrogen-bond donors (Lipinski definition) is 1. The summed E-state index contributed by atoms with van der Waals surface area (Å²) < 4.78 is 5.56. The molecule has 1 aliphatic rings. The highest BCUT2D eigenvalue weighted by Gasteiger charge is 2.32. The van der Waals surface area contributed by atoms with Crippen molar-refractivity contribution in [2.24, 2.45) is 11.7 Å². The molecule has 116 valence electrons. The average molecular weight is 290 g/mol. The lowest BCUT2D eigenvalue weighted by atomic mass is 9.84. The summed E-state index contributed by atoms with van der Waals surface area (Å²) in [6, 6.07) is 10.1. The third-order valence-electron chi connectivity index (χ3n) is 4.35. The van der Waals surface area contributed by atoms with Gasteiger partial charge in [-0.05, 0) is 11.5 Å². The summed E-state index contributed by atoms with van der Waals surface area (Å²) in [5.41, 5.74) is 6.78. The van der Waals surface area contributed by atoms with Crippen LogP contribution in [0.2, 0.25) is 0 Å². The fourth-order valence-electron chi connectivity index (χ4n) is 2.87. The van der Waals surface area contributed by atoms with Gasteiger partial charge in [-0.25, -0.2) is 0 Å². The Morgan fingerprint density at radius 1 is 1.43 bits per heavy atom. The number of rotatable bonds is 5. The van der Waals surface area contributed by atoms with Gasteiger partial charge in [0.2, 0.25) is 5.91 Å². The van der Waals surface area contributed by atoms with Gasteiger partial charge in [0.25, 0.3) is 0 Å². The highest BCUT2D eigenvalue weighted by atomic mass is 16.5. The van der Waals surface area contributed by atoms with Crippen molar-refractivity contribution in [2.75, 3.05) is 26.2 Å². The molecule has 0 aromatic heterocycles. The number of carbonyl (C=O) groups excluding carboxylic acids is 1. The van der Waals surface area contributed by atoms with E-state index in [0.29, 0.717) is 32.2 Å². The van der Waals surface area contributed by atoms with Crippen LogP contribution in [0.25, 0.3) is 0 Å². The molecular weight excluding hydrogens is 264 g/mol. The molecule has 1 aromatic carbocycles. The zero-order valence-electron chi connectivity index (χ0n) is 13.0. The molecule has 1 amide bonds. The maximum absolute atomic E-state index is 13.0. The van der Waals surface area contributed by atoms with Gasteiger partial charge in [-0.1, -0.05) is 50.6 Å². The molecule has 3 unspecified atom stereocenters. The van der Waals surface area contributed by atoms with Crippen LogP contribution in [-0.2, 0) is 9.53 Å². The Labute approximate surface area is 127 Å². The monoisotopic (exact) mass is 290 g/mol. The predicted octanol–water partition coefficient (Wildman–Crippen LogP) is 2.00. The van der Waals surface area contributed by atoms with Gasteiger partial charge in [0.15, 0.2) is 0 Å². The second kappa shape index (κ2) is 7.57. The van der Waals surface area contributed by atoms with Crippen molar-refractivity contribution in [3.8, 4) is 0 Å². The van der Waals surface area contributed by atoms with Crippen LogP contribution >= 0.6 is 0 Å². The van der Waals surface area contributed by atoms with E-state index in [1.165, 1.54) is 0 Å². The molecule has 1 aromatic rings. The minimum Gasteiger partial charge on any atom is -0.373 e. The van der Waals surface area contributed by atoms with Gasteiger partial charge in [-0.15, -0.1) is 0 Å². The zero-order valence-corrected chi connectivity index (χ0v) is 13.0. The Morgan fingerprint density at radius 2 is 2.14 bits per heavy atom. The summed E-state index contributed by atoms with van der Waals surface area (Å²) >= 11 is 0. The molecule has 2 rings (SSSR count). The van der Waals surface area contributed by atoms with Crippen molar-refractivity contribution >= 4 is 5.91 Å². The maximum Gasteiger partial charge on any atom is 0.230 e. The number of amides is 1. The van der Waals surface area contributed by atoms with Gasteiger partial charge in [0, 0.05) is 19.6 Å². The summed E-state index contributed by atoms with van der Waals surface area (Å²) in [7, 11) is 0. The first-order chi connectivity index (χ1) is 10.2. The van der Waals surface area contributed by atoms with E-state index in [0.717, 1.165) is 12.0 Å². The standard InChI is InChI=1S/C17H26N2O2/c1-3-13(2)16(14-7-5-4-6-8-14)17(20)19-9-10-21-15(11-18)12-19/h4-8,13,15-16H,3,9-12,18H2,1-2H3. The molecule has 1 saturated heterocycles. The van der Waals surface area contributed by atoms with Crippen molar-refractivity contribution in [3.63, 3.8) is 0 Å². The van der Waals surface area contributed by atoms with Crippen molar-refractivity contribution in [3.05, 3.63) is 35.9 Å². The summed E-state index contributed by atoms with van der Waals surface area (Å²) in [4.78, 5) is 14.9. The van der Waals surface area contributed by atoms with Crippen LogP contribution in [0.4, 0.5) is 0 Å². The number of carbonyl (C=O) groups is 1. The second-order valence-corrected chi connectivity index (χ2v) is 5.79. The lowest BCUT2D eigenvalue weighted by Gasteiger charge is -2.36. The number of morpholine rings is 1. The molecule has 0 saturated carbocycles. The van der Waals surface area contributed by atoms with E-state index in [9.17, 15) is 4.79 Å². The Kier molecular flexibility index (Phi) is 5.76. The number of ether oxygens (including phenoxy) is 1. The first-order valence-corrected chi connectivity index (χ1v) is 7.82. The summed E-state index contributed by atoms with van der Waals surface area (Å²) in [6.45, 7) is 6.59. The van der Waals surface area contributed by atoms with Gasteiger partial charge in [-0.2, -0.15) is 0 Å². The van der Waals surface area contributed by atoms with Crippen LogP contribution in [0.1, 0.15) is 31.7 Å². The van der Waals surface area contributed by atoms with Crippen LogP contribution in [0.5, 0.6) is 0 Å². The summed E-state index contributed by atoms with van der Waals surface area (Å²) in [6.07, 6.45) is 0.951. The molecule has 0 radical (unpaired) electrons. The van der Waals surface area contributed by atoms with E-state index in [4.69, 9.17) is 10.5 Å². The van der Waals surface area contributed by atoms with Gasteiger partial charge >= 0.3 is 0 Å². The molecule has 0 bridgehead atoms. The zero-order chi connectivity index (χ0) is 15.2. The predicted molar refractivity (Wildman–Crippen MR) is 84.0 cm³/mol. The average Bonchev–Trinajstić information content (AvgIpc) is 2.55. The lowest BCUT2D eigenvalue weighted by molar-refractivity contribution is -0.141. The molecule has 21 heavy (non-hydrogen) atoms. The molecule has 0 spiro atoms. The van der Waals surface area contributed by atoms with E-state index in [1.54, 1.807) is 0 Å².